The molecule has 21 heavy (non-hydrogen) atoms. The molecule has 3 heteroatoms. The fourth-order valence-electron chi connectivity index (χ4n) is 2.49. The third-order valence-corrected chi connectivity index (χ3v) is 3.67. The quantitative estimate of drug-likeness (QED) is 0.880. The standard InChI is InChI=1S/C18H20O3/c1-3-14-12-15(9-10-17(14)21-2)16(18(19)20)11-13-7-5-4-6-8-13/h4-10,12,16H,3,11H2,1-2H3,(H,19,20). The maximum absolute atomic E-state index is 11.6. The van der Waals surface area contributed by atoms with Crippen LogP contribution in [0.1, 0.15) is 29.5 Å². The minimum Gasteiger partial charge on any atom is -0.496 e. The molecule has 0 aromatic heterocycles. The van der Waals surface area contributed by atoms with Crippen molar-refractivity contribution in [3.05, 3.63) is 65.2 Å². The first-order valence-corrected chi connectivity index (χ1v) is 7.09. The Labute approximate surface area is 125 Å². The van der Waals surface area contributed by atoms with E-state index >= 15 is 0 Å². The first-order chi connectivity index (χ1) is 10.2. The van der Waals surface area contributed by atoms with Gasteiger partial charge in [-0.05, 0) is 35.6 Å². The Morgan fingerprint density at radius 2 is 1.90 bits per heavy atom. The molecule has 1 atom stereocenters. The van der Waals surface area contributed by atoms with Crippen molar-refractivity contribution < 1.29 is 14.6 Å². The maximum atomic E-state index is 11.6. The van der Waals surface area contributed by atoms with Gasteiger partial charge < -0.3 is 9.84 Å². The highest BCUT2D eigenvalue weighted by Crippen LogP contribution is 2.27. The smallest absolute Gasteiger partial charge is 0.311 e. The molecule has 0 aliphatic heterocycles. The lowest BCUT2D eigenvalue weighted by atomic mass is 9.90. The Hall–Kier alpha value is -2.29. The topological polar surface area (TPSA) is 46.5 Å². The second-order valence-electron chi connectivity index (χ2n) is 5.01. The minimum atomic E-state index is -0.800. The molecular formula is C18H20O3. The average molecular weight is 284 g/mol. The molecule has 0 bridgehead atoms. The summed E-state index contributed by atoms with van der Waals surface area (Å²) in [6, 6.07) is 15.4. The van der Waals surface area contributed by atoms with Gasteiger partial charge in [-0.2, -0.15) is 0 Å². The van der Waals surface area contributed by atoms with Gasteiger partial charge >= 0.3 is 5.97 Å². The summed E-state index contributed by atoms with van der Waals surface area (Å²) in [7, 11) is 1.63. The van der Waals surface area contributed by atoms with E-state index in [1.54, 1.807) is 7.11 Å². The molecule has 2 rings (SSSR count). The van der Waals surface area contributed by atoms with Gasteiger partial charge in [0.25, 0.3) is 0 Å². The molecule has 0 spiro atoms. The molecule has 0 radical (unpaired) electrons. The van der Waals surface area contributed by atoms with Gasteiger partial charge in [0, 0.05) is 0 Å². The molecule has 0 saturated heterocycles. The van der Waals surface area contributed by atoms with E-state index in [1.807, 2.05) is 55.5 Å². The van der Waals surface area contributed by atoms with E-state index in [0.717, 1.165) is 28.9 Å². The molecule has 2 aromatic rings. The number of rotatable bonds is 6. The Bertz CT molecular complexity index is 605. The normalized spacial score (nSPS) is 11.9. The van der Waals surface area contributed by atoms with Gasteiger partial charge in [-0.1, -0.05) is 49.4 Å². The first kappa shape index (κ1) is 15.1. The monoisotopic (exact) mass is 284 g/mol. The third kappa shape index (κ3) is 3.63. The first-order valence-electron chi connectivity index (χ1n) is 7.09. The number of ether oxygens (including phenoxy) is 1. The lowest BCUT2D eigenvalue weighted by molar-refractivity contribution is -0.138. The number of carboxylic acid groups (broad SMARTS) is 1. The van der Waals surface area contributed by atoms with Crippen LogP contribution in [-0.4, -0.2) is 18.2 Å². The van der Waals surface area contributed by atoms with Gasteiger partial charge in [0.05, 0.1) is 13.0 Å². The summed E-state index contributed by atoms with van der Waals surface area (Å²) in [6.07, 6.45) is 1.31. The summed E-state index contributed by atoms with van der Waals surface area (Å²) in [6.45, 7) is 2.04. The van der Waals surface area contributed by atoms with Crippen LogP contribution in [0.15, 0.2) is 48.5 Å². The Balaban J connectivity index is 2.32. The largest absolute Gasteiger partial charge is 0.496 e. The van der Waals surface area contributed by atoms with Gasteiger partial charge in [-0.3, -0.25) is 4.79 Å². The Morgan fingerprint density at radius 1 is 1.19 bits per heavy atom. The van der Waals surface area contributed by atoms with Crippen molar-refractivity contribution in [1.82, 2.24) is 0 Å². The minimum absolute atomic E-state index is 0.492. The molecule has 0 aliphatic carbocycles. The number of aliphatic carboxylic acids is 1. The molecule has 3 nitrogen and oxygen atoms in total. The molecule has 0 saturated carbocycles. The Morgan fingerprint density at radius 3 is 2.48 bits per heavy atom. The summed E-state index contributed by atoms with van der Waals surface area (Å²) in [4.78, 5) is 11.6. The van der Waals surface area contributed by atoms with Gasteiger partial charge in [0.2, 0.25) is 0 Å². The number of benzene rings is 2. The zero-order valence-corrected chi connectivity index (χ0v) is 12.4. The SMILES string of the molecule is CCc1cc(C(Cc2ccccc2)C(=O)O)ccc1OC. The predicted molar refractivity (Wildman–Crippen MR) is 82.9 cm³/mol. The van der Waals surface area contributed by atoms with Gasteiger partial charge in [0.15, 0.2) is 0 Å². The van der Waals surface area contributed by atoms with Gasteiger partial charge in [-0.15, -0.1) is 0 Å². The van der Waals surface area contributed by atoms with Gasteiger partial charge in [-0.25, -0.2) is 0 Å². The summed E-state index contributed by atoms with van der Waals surface area (Å²) in [5.74, 6) is -0.528. The number of carboxylic acids is 1. The number of hydrogen-bond donors (Lipinski definition) is 1. The van der Waals surface area contributed by atoms with Crippen molar-refractivity contribution in [2.24, 2.45) is 0 Å². The van der Waals surface area contributed by atoms with E-state index < -0.39 is 11.9 Å². The summed E-state index contributed by atoms with van der Waals surface area (Å²) < 4.78 is 5.30. The molecule has 2 aromatic carbocycles. The summed E-state index contributed by atoms with van der Waals surface area (Å²) in [5.41, 5.74) is 2.89. The van der Waals surface area contributed by atoms with E-state index in [0.29, 0.717) is 6.42 Å². The molecular weight excluding hydrogens is 264 g/mol. The zero-order chi connectivity index (χ0) is 15.2. The maximum Gasteiger partial charge on any atom is 0.311 e. The zero-order valence-electron chi connectivity index (χ0n) is 12.4. The van der Waals surface area contributed by atoms with Crippen molar-refractivity contribution in [2.75, 3.05) is 7.11 Å². The molecule has 0 aliphatic rings. The van der Waals surface area contributed by atoms with Crippen LogP contribution in [0.3, 0.4) is 0 Å². The fraction of sp³-hybridized carbons (Fsp3) is 0.278. The van der Waals surface area contributed by atoms with Crippen molar-refractivity contribution in [3.63, 3.8) is 0 Å². The summed E-state index contributed by atoms with van der Waals surface area (Å²) >= 11 is 0. The van der Waals surface area contributed by atoms with E-state index in [2.05, 4.69) is 0 Å². The second kappa shape index (κ2) is 6.93. The second-order valence-corrected chi connectivity index (χ2v) is 5.01. The predicted octanol–water partition coefficient (Wildman–Crippen LogP) is 3.67. The average Bonchev–Trinajstić information content (AvgIpc) is 2.52. The lowest BCUT2D eigenvalue weighted by Gasteiger charge is -2.15. The number of hydrogen-bond acceptors (Lipinski definition) is 2. The molecule has 0 amide bonds. The van der Waals surface area contributed by atoms with Crippen molar-refractivity contribution in [2.45, 2.75) is 25.7 Å². The van der Waals surface area contributed by atoms with Crippen LogP contribution in [0.2, 0.25) is 0 Å². The number of methoxy groups -OCH3 is 1. The van der Waals surface area contributed by atoms with Crippen LogP contribution in [-0.2, 0) is 17.6 Å². The molecule has 0 heterocycles. The van der Waals surface area contributed by atoms with E-state index in [-0.39, 0.29) is 0 Å². The van der Waals surface area contributed by atoms with Crippen LogP contribution in [0.5, 0.6) is 5.75 Å². The van der Waals surface area contributed by atoms with Crippen LogP contribution in [0.25, 0.3) is 0 Å². The van der Waals surface area contributed by atoms with Crippen LogP contribution >= 0.6 is 0 Å². The van der Waals surface area contributed by atoms with Crippen LogP contribution < -0.4 is 4.74 Å². The highest BCUT2D eigenvalue weighted by atomic mass is 16.5. The van der Waals surface area contributed by atoms with Gasteiger partial charge in [0.1, 0.15) is 5.75 Å². The fourth-order valence-corrected chi connectivity index (χ4v) is 2.49. The highest BCUT2D eigenvalue weighted by molar-refractivity contribution is 5.76. The van der Waals surface area contributed by atoms with Crippen molar-refractivity contribution >= 4 is 5.97 Å². The van der Waals surface area contributed by atoms with Crippen molar-refractivity contribution in [1.29, 1.82) is 0 Å². The molecule has 110 valence electrons. The lowest BCUT2D eigenvalue weighted by Crippen LogP contribution is -2.15. The molecule has 1 unspecified atom stereocenters. The molecule has 0 fully saturated rings. The molecule has 1 N–H and O–H groups in total. The summed E-state index contributed by atoms with van der Waals surface area (Å²) in [5, 5.41) is 9.55. The number of carbonyl (C=O) groups is 1. The van der Waals surface area contributed by atoms with E-state index in [1.165, 1.54) is 0 Å². The van der Waals surface area contributed by atoms with Crippen LogP contribution in [0, 0.1) is 0 Å². The highest BCUT2D eigenvalue weighted by Gasteiger charge is 2.21. The third-order valence-electron chi connectivity index (χ3n) is 3.67. The number of aryl methyl sites for hydroxylation is 1. The Kier molecular flexibility index (Phi) is 4.99. The van der Waals surface area contributed by atoms with Crippen molar-refractivity contribution in [3.8, 4) is 5.75 Å². The van der Waals surface area contributed by atoms with Crippen LogP contribution in [0.4, 0.5) is 0 Å². The van der Waals surface area contributed by atoms with E-state index in [4.69, 9.17) is 4.74 Å². The van der Waals surface area contributed by atoms with E-state index in [9.17, 15) is 9.90 Å².